The van der Waals surface area contributed by atoms with Crippen molar-refractivity contribution >= 4 is 17.6 Å². The van der Waals surface area contributed by atoms with Gasteiger partial charge >= 0.3 is 0 Å². The van der Waals surface area contributed by atoms with Crippen LogP contribution in [0.5, 0.6) is 0 Å². The molecule has 1 aromatic rings. The van der Waals surface area contributed by atoms with Gasteiger partial charge in [0.1, 0.15) is 11.6 Å². The molecule has 3 heterocycles. The van der Waals surface area contributed by atoms with Gasteiger partial charge < -0.3 is 14.7 Å². The number of piperazine rings is 1. The molecule has 2 amide bonds. The van der Waals surface area contributed by atoms with E-state index in [4.69, 9.17) is 4.98 Å². The van der Waals surface area contributed by atoms with Gasteiger partial charge in [-0.25, -0.2) is 9.97 Å². The van der Waals surface area contributed by atoms with Gasteiger partial charge in [0.25, 0.3) is 0 Å². The monoisotopic (exact) mass is 415 g/mol. The standard InChI is InChI=1S/C23H37N5O2/c1-16(2)20-24-17(3)15-19(25-20)26-11-13-27(14-12-26)21(29)18-7-9-28(10-8-18)22(30)23(4,5)6/h15-16,18H,7-14H2,1-6H3. The van der Waals surface area contributed by atoms with Gasteiger partial charge in [-0.15, -0.1) is 0 Å². The summed E-state index contributed by atoms with van der Waals surface area (Å²) in [4.78, 5) is 41.0. The minimum Gasteiger partial charge on any atom is -0.353 e. The lowest BCUT2D eigenvalue weighted by atomic mass is 9.90. The molecule has 30 heavy (non-hydrogen) atoms. The van der Waals surface area contributed by atoms with E-state index in [-0.39, 0.29) is 23.1 Å². The SMILES string of the molecule is Cc1cc(N2CCN(C(=O)C3CCN(C(=O)C(C)(C)C)CC3)CC2)nc(C(C)C)n1. The molecule has 7 nitrogen and oxygen atoms in total. The van der Waals surface area contributed by atoms with Gasteiger partial charge in [-0.05, 0) is 19.8 Å². The van der Waals surface area contributed by atoms with E-state index in [1.807, 2.05) is 43.6 Å². The van der Waals surface area contributed by atoms with Crippen molar-refractivity contribution in [1.29, 1.82) is 0 Å². The van der Waals surface area contributed by atoms with E-state index in [9.17, 15) is 9.59 Å². The Bertz CT molecular complexity index is 770. The number of carbonyl (C=O) groups excluding carboxylic acids is 2. The topological polar surface area (TPSA) is 69.6 Å². The number of likely N-dealkylation sites (tertiary alicyclic amines) is 1. The van der Waals surface area contributed by atoms with E-state index in [1.54, 1.807) is 0 Å². The van der Waals surface area contributed by atoms with Crippen LogP contribution in [0, 0.1) is 18.3 Å². The van der Waals surface area contributed by atoms with Gasteiger partial charge in [-0.3, -0.25) is 9.59 Å². The Morgan fingerprint density at radius 2 is 1.57 bits per heavy atom. The molecule has 0 aromatic carbocycles. The van der Waals surface area contributed by atoms with Crippen LogP contribution in [-0.2, 0) is 9.59 Å². The highest BCUT2D eigenvalue weighted by Crippen LogP contribution is 2.26. The maximum Gasteiger partial charge on any atom is 0.227 e. The van der Waals surface area contributed by atoms with E-state index in [0.29, 0.717) is 19.0 Å². The second-order valence-electron chi connectivity index (χ2n) is 10.0. The summed E-state index contributed by atoms with van der Waals surface area (Å²) in [7, 11) is 0. The zero-order valence-electron chi connectivity index (χ0n) is 19.4. The Balaban J connectivity index is 1.53. The van der Waals surface area contributed by atoms with Crippen molar-refractivity contribution in [1.82, 2.24) is 19.8 Å². The summed E-state index contributed by atoms with van der Waals surface area (Å²) in [5.41, 5.74) is 0.626. The largest absolute Gasteiger partial charge is 0.353 e. The second-order valence-corrected chi connectivity index (χ2v) is 10.0. The van der Waals surface area contributed by atoms with Crippen LogP contribution in [0.4, 0.5) is 5.82 Å². The summed E-state index contributed by atoms with van der Waals surface area (Å²) >= 11 is 0. The summed E-state index contributed by atoms with van der Waals surface area (Å²) in [5.74, 6) is 2.60. The second kappa shape index (κ2) is 8.90. The first-order valence-electron chi connectivity index (χ1n) is 11.2. The predicted molar refractivity (Wildman–Crippen MR) is 118 cm³/mol. The first-order valence-corrected chi connectivity index (χ1v) is 11.2. The Kier molecular flexibility index (Phi) is 6.68. The van der Waals surface area contributed by atoms with Gasteiger partial charge in [0.2, 0.25) is 11.8 Å². The molecular weight excluding hydrogens is 378 g/mol. The Morgan fingerprint density at radius 3 is 2.10 bits per heavy atom. The third-order valence-corrected chi connectivity index (χ3v) is 6.06. The molecule has 0 saturated carbocycles. The molecule has 0 unspecified atom stereocenters. The summed E-state index contributed by atoms with van der Waals surface area (Å²) < 4.78 is 0. The summed E-state index contributed by atoms with van der Waals surface area (Å²) in [6, 6.07) is 2.03. The number of rotatable bonds is 3. The molecule has 0 aliphatic carbocycles. The zero-order chi connectivity index (χ0) is 22.1. The van der Waals surface area contributed by atoms with Crippen LogP contribution in [0.2, 0.25) is 0 Å². The quantitative estimate of drug-likeness (QED) is 0.759. The van der Waals surface area contributed by atoms with Crippen LogP contribution >= 0.6 is 0 Å². The molecule has 1 aromatic heterocycles. The molecule has 2 aliphatic heterocycles. The molecule has 2 fully saturated rings. The minimum absolute atomic E-state index is 0.0365. The Hall–Kier alpha value is -2.18. The van der Waals surface area contributed by atoms with Crippen molar-refractivity contribution in [2.24, 2.45) is 11.3 Å². The first-order chi connectivity index (χ1) is 14.1. The molecule has 0 spiro atoms. The van der Waals surface area contributed by atoms with Gasteiger partial charge in [-0.2, -0.15) is 0 Å². The van der Waals surface area contributed by atoms with Crippen LogP contribution in [0.15, 0.2) is 6.07 Å². The maximum absolute atomic E-state index is 13.0. The number of aromatic nitrogens is 2. The average Bonchev–Trinajstić information content (AvgIpc) is 2.71. The number of hydrogen-bond donors (Lipinski definition) is 0. The summed E-state index contributed by atoms with van der Waals surface area (Å²) in [6.45, 7) is 16.5. The predicted octanol–water partition coefficient (Wildman–Crippen LogP) is 2.84. The van der Waals surface area contributed by atoms with Gasteiger partial charge in [0.05, 0.1) is 0 Å². The maximum atomic E-state index is 13.0. The number of anilines is 1. The zero-order valence-corrected chi connectivity index (χ0v) is 19.4. The molecule has 7 heteroatoms. The number of amides is 2. The normalized spacial score (nSPS) is 18.8. The van der Waals surface area contributed by atoms with E-state index >= 15 is 0 Å². The van der Waals surface area contributed by atoms with Gasteiger partial charge in [-0.1, -0.05) is 34.6 Å². The fourth-order valence-electron chi connectivity index (χ4n) is 4.21. The summed E-state index contributed by atoms with van der Waals surface area (Å²) in [6.07, 6.45) is 1.54. The highest BCUT2D eigenvalue weighted by atomic mass is 16.2. The van der Waals surface area contributed by atoms with E-state index in [0.717, 1.165) is 56.4 Å². The number of carbonyl (C=O) groups is 2. The minimum atomic E-state index is -0.359. The highest BCUT2D eigenvalue weighted by molar-refractivity contribution is 5.83. The fourth-order valence-corrected chi connectivity index (χ4v) is 4.21. The fraction of sp³-hybridized carbons (Fsp3) is 0.739. The molecule has 2 aliphatic rings. The molecule has 3 rings (SSSR count). The van der Waals surface area contributed by atoms with Crippen LogP contribution in [0.1, 0.15) is 64.9 Å². The number of piperidine rings is 1. The lowest BCUT2D eigenvalue weighted by Gasteiger charge is -2.40. The van der Waals surface area contributed by atoms with Crippen LogP contribution in [0.3, 0.4) is 0 Å². The van der Waals surface area contributed by atoms with Gasteiger partial charge in [0.15, 0.2) is 0 Å². The lowest BCUT2D eigenvalue weighted by molar-refractivity contribution is -0.145. The van der Waals surface area contributed by atoms with Crippen molar-refractivity contribution in [2.75, 3.05) is 44.2 Å². The van der Waals surface area contributed by atoms with Crippen molar-refractivity contribution in [3.05, 3.63) is 17.6 Å². The van der Waals surface area contributed by atoms with Crippen molar-refractivity contribution in [3.63, 3.8) is 0 Å². The third-order valence-electron chi connectivity index (χ3n) is 6.06. The Labute approximate surface area is 180 Å². The molecule has 166 valence electrons. The first kappa shape index (κ1) is 22.5. The number of hydrogen-bond acceptors (Lipinski definition) is 5. The molecule has 0 atom stereocenters. The molecular formula is C23H37N5O2. The number of aryl methyl sites for hydroxylation is 1. The van der Waals surface area contributed by atoms with Gasteiger partial charge in [0, 0.05) is 68.3 Å². The average molecular weight is 416 g/mol. The van der Waals surface area contributed by atoms with Crippen LogP contribution < -0.4 is 4.90 Å². The third kappa shape index (κ3) is 5.10. The highest BCUT2D eigenvalue weighted by Gasteiger charge is 2.34. The van der Waals surface area contributed by atoms with Crippen molar-refractivity contribution < 1.29 is 9.59 Å². The molecule has 0 radical (unpaired) electrons. The smallest absolute Gasteiger partial charge is 0.227 e. The molecule has 0 bridgehead atoms. The van der Waals surface area contributed by atoms with Crippen molar-refractivity contribution in [2.45, 2.75) is 60.3 Å². The van der Waals surface area contributed by atoms with E-state index in [2.05, 4.69) is 23.7 Å². The molecule has 0 N–H and O–H groups in total. The van der Waals surface area contributed by atoms with Crippen LogP contribution in [0.25, 0.3) is 0 Å². The van der Waals surface area contributed by atoms with E-state index < -0.39 is 0 Å². The number of nitrogens with zero attached hydrogens (tertiary/aromatic N) is 5. The van der Waals surface area contributed by atoms with E-state index in [1.165, 1.54) is 0 Å². The Morgan fingerprint density at radius 1 is 0.967 bits per heavy atom. The molecule has 2 saturated heterocycles. The van der Waals surface area contributed by atoms with Crippen LogP contribution in [-0.4, -0.2) is 70.9 Å². The summed E-state index contributed by atoms with van der Waals surface area (Å²) in [5, 5.41) is 0. The van der Waals surface area contributed by atoms with Crippen molar-refractivity contribution in [3.8, 4) is 0 Å². The lowest BCUT2D eigenvalue weighted by Crippen LogP contribution is -2.52.